The standard InChI is InChI=1S/C11H18N4O3S/c1-15(8-9-3-2-6-18-9)19(16,17)10-4-5-13-11(7-10)14-12/h4-5,7,9H,2-3,6,8,12H2,1H3,(H,13,14). The zero-order valence-electron chi connectivity index (χ0n) is 10.7. The molecule has 7 nitrogen and oxygen atoms in total. The molecule has 1 atom stereocenters. The van der Waals surface area contributed by atoms with Crippen LogP contribution in [0.2, 0.25) is 0 Å². The largest absolute Gasteiger partial charge is 0.377 e. The van der Waals surface area contributed by atoms with E-state index in [4.69, 9.17) is 10.6 Å². The second kappa shape index (κ2) is 5.83. The Morgan fingerprint density at radius 1 is 1.63 bits per heavy atom. The van der Waals surface area contributed by atoms with Crippen molar-refractivity contribution in [1.82, 2.24) is 9.29 Å². The first kappa shape index (κ1) is 14.2. The molecule has 8 heteroatoms. The fraction of sp³-hybridized carbons (Fsp3) is 0.545. The van der Waals surface area contributed by atoms with Crippen molar-refractivity contribution < 1.29 is 13.2 Å². The Morgan fingerprint density at radius 2 is 2.42 bits per heavy atom. The average Bonchev–Trinajstić information content (AvgIpc) is 2.91. The number of aromatic nitrogens is 1. The van der Waals surface area contributed by atoms with E-state index in [1.807, 2.05) is 0 Å². The van der Waals surface area contributed by atoms with Gasteiger partial charge in [-0.2, -0.15) is 4.31 Å². The van der Waals surface area contributed by atoms with Gasteiger partial charge in [-0.25, -0.2) is 19.2 Å². The zero-order valence-corrected chi connectivity index (χ0v) is 11.6. The highest BCUT2D eigenvalue weighted by Gasteiger charge is 2.26. The first-order chi connectivity index (χ1) is 9.04. The number of hydrazine groups is 1. The third-order valence-corrected chi connectivity index (χ3v) is 4.89. The molecule has 0 saturated carbocycles. The lowest BCUT2D eigenvalue weighted by Crippen LogP contribution is -2.34. The second-order valence-electron chi connectivity index (χ2n) is 4.44. The zero-order chi connectivity index (χ0) is 13.9. The Bertz CT molecular complexity index is 528. The van der Waals surface area contributed by atoms with E-state index in [2.05, 4.69) is 10.4 Å². The molecule has 3 N–H and O–H groups in total. The number of nitrogen functional groups attached to an aromatic ring is 1. The van der Waals surface area contributed by atoms with Crippen LogP contribution in [-0.4, -0.2) is 44.0 Å². The summed E-state index contributed by atoms with van der Waals surface area (Å²) in [5.74, 6) is 5.54. The smallest absolute Gasteiger partial charge is 0.243 e. The molecule has 0 aliphatic carbocycles. The van der Waals surface area contributed by atoms with E-state index in [9.17, 15) is 8.42 Å². The SMILES string of the molecule is CN(CC1CCCO1)S(=O)(=O)c1ccnc(NN)c1. The summed E-state index contributed by atoms with van der Waals surface area (Å²) in [4.78, 5) is 4.05. The number of hydrogen-bond donors (Lipinski definition) is 2. The number of nitrogens with zero attached hydrogens (tertiary/aromatic N) is 2. The molecular formula is C11H18N4O3S. The third kappa shape index (κ3) is 3.21. The van der Waals surface area contributed by atoms with Crippen molar-refractivity contribution in [3.8, 4) is 0 Å². The van der Waals surface area contributed by atoms with Crippen LogP contribution in [0.1, 0.15) is 12.8 Å². The van der Waals surface area contributed by atoms with Crippen molar-refractivity contribution in [2.24, 2.45) is 5.84 Å². The number of likely N-dealkylation sites (N-methyl/N-ethyl adjacent to an activating group) is 1. The lowest BCUT2D eigenvalue weighted by molar-refractivity contribution is 0.0979. The minimum atomic E-state index is -3.54. The van der Waals surface area contributed by atoms with Gasteiger partial charge in [-0.3, -0.25) is 0 Å². The summed E-state index contributed by atoms with van der Waals surface area (Å²) in [5, 5.41) is 0. The van der Waals surface area contributed by atoms with Gasteiger partial charge in [0, 0.05) is 32.5 Å². The van der Waals surface area contributed by atoms with Crippen LogP contribution >= 0.6 is 0 Å². The molecule has 2 heterocycles. The number of nitrogens with one attached hydrogen (secondary N) is 1. The molecule has 1 aliphatic heterocycles. The van der Waals surface area contributed by atoms with Crippen LogP contribution in [0.5, 0.6) is 0 Å². The van der Waals surface area contributed by atoms with Gasteiger partial charge in [0.2, 0.25) is 10.0 Å². The van der Waals surface area contributed by atoms with Gasteiger partial charge < -0.3 is 10.2 Å². The molecule has 0 aromatic carbocycles. The van der Waals surface area contributed by atoms with E-state index in [0.717, 1.165) is 12.8 Å². The Morgan fingerprint density at radius 3 is 3.05 bits per heavy atom. The first-order valence-corrected chi connectivity index (χ1v) is 7.48. The molecule has 0 amide bonds. The van der Waals surface area contributed by atoms with Crippen LogP contribution in [0.25, 0.3) is 0 Å². The predicted octanol–water partition coefficient (Wildman–Crippen LogP) is 0.167. The van der Waals surface area contributed by atoms with E-state index < -0.39 is 10.0 Å². The lowest BCUT2D eigenvalue weighted by Gasteiger charge is -2.20. The van der Waals surface area contributed by atoms with Crippen molar-refractivity contribution in [3.05, 3.63) is 18.3 Å². The summed E-state index contributed by atoms with van der Waals surface area (Å²) in [5.41, 5.74) is 2.33. The van der Waals surface area contributed by atoms with Gasteiger partial charge in [0.05, 0.1) is 11.0 Å². The van der Waals surface area contributed by atoms with Crippen molar-refractivity contribution >= 4 is 15.8 Å². The Kier molecular flexibility index (Phi) is 4.35. The topological polar surface area (TPSA) is 97.5 Å². The van der Waals surface area contributed by atoms with Gasteiger partial charge >= 0.3 is 0 Å². The summed E-state index contributed by atoms with van der Waals surface area (Å²) < 4.78 is 31.5. The Labute approximate surface area is 112 Å². The molecule has 0 bridgehead atoms. The van der Waals surface area contributed by atoms with Crippen molar-refractivity contribution in [3.63, 3.8) is 0 Å². The summed E-state index contributed by atoms with van der Waals surface area (Å²) in [6, 6.07) is 2.85. The summed E-state index contributed by atoms with van der Waals surface area (Å²) >= 11 is 0. The van der Waals surface area contributed by atoms with Gasteiger partial charge in [-0.05, 0) is 18.9 Å². The maximum atomic E-state index is 12.4. The molecule has 0 radical (unpaired) electrons. The number of nitrogens with two attached hydrogens (primary N) is 1. The van der Waals surface area contributed by atoms with Crippen LogP contribution in [0.3, 0.4) is 0 Å². The maximum Gasteiger partial charge on any atom is 0.243 e. The fourth-order valence-electron chi connectivity index (χ4n) is 2.00. The van der Waals surface area contributed by atoms with Crippen molar-refractivity contribution in [2.45, 2.75) is 23.8 Å². The highest BCUT2D eigenvalue weighted by molar-refractivity contribution is 7.89. The molecular weight excluding hydrogens is 268 g/mol. The monoisotopic (exact) mass is 286 g/mol. The third-order valence-electron chi connectivity index (χ3n) is 3.07. The van der Waals surface area contributed by atoms with Gasteiger partial charge in [-0.1, -0.05) is 0 Å². The summed E-state index contributed by atoms with van der Waals surface area (Å²) in [6.45, 7) is 1.06. The number of ether oxygens (including phenoxy) is 1. The van der Waals surface area contributed by atoms with E-state index in [0.29, 0.717) is 19.0 Å². The van der Waals surface area contributed by atoms with Crippen LogP contribution < -0.4 is 11.3 Å². The second-order valence-corrected chi connectivity index (χ2v) is 6.49. The maximum absolute atomic E-state index is 12.4. The van der Waals surface area contributed by atoms with Crippen LogP contribution in [0.4, 0.5) is 5.82 Å². The van der Waals surface area contributed by atoms with Crippen LogP contribution in [-0.2, 0) is 14.8 Å². The van der Waals surface area contributed by atoms with Crippen molar-refractivity contribution in [2.75, 3.05) is 25.6 Å². The van der Waals surface area contributed by atoms with E-state index in [1.165, 1.54) is 22.6 Å². The molecule has 0 spiro atoms. The highest BCUT2D eigenvalue weighted by Crippen LogP contribution is 2.19. The molecule has 1 aromatic rings. The summed E-state index contributed by atoms with van der Waals surface area (Å²) in [6.07, 6.45) is 3.26. The quantitative estimate of drug-likeness (QED) is 0.591. The Balaban J connectivity index is 2.15. The number of hydrogen-bond acceptors (Lipinski definition) is 6. The molecule has 1 fully saturated rings. The van der Waals surface area contributed by atoms with Gasteiger partial charge in [-0.15, -0.1) is 0 Å². The average molecular weight is 286 g/mol. The molecule has 1 aromatic heterocycles. The first-order valence-electron chi connectivity index (χ1n) is 6.04. The molecule has 106 valence electrons. The van der Waals surface area contributed by atoms with E-state index >= 15 is 0 Å². The van der Waals surface area contributed by atoms with E-state index in [-0.39, 0.29) is 11.0 Å². The van der Waals surface area contributed by atoms with Gasteiger partial charge in [0.25, 0.3) is 0 Å². The predicted molar refractivity (Wildman–Crippen MR) is 70.8 cm³/mol. The minimum Gasteiger partial charge on any atom is -0.377 e. The molecule has 19 heavy (non-hydrogen) atoms. The Hall–Kier alpha value is -1.22. The fourth-order valence-corrected chi connectivity index (χ4v) is 3.22. The lowest BCUT2D eigenvalue weighted by atomic mass is 10.2. The number of rotatable bonds is 5. The van der Waals surface area contributed by atoms with Crippen LogP contribution in [0, 0.1) is 0 Å². The molecule has 1 aliphatic rings. The van der Waals surface area contributed by atoms with Crippen LogP contribution in [0.15, 0.2) is 23.2 Å². The van der Waals surface area contributed by atoms with Gasteiger partial charge in [0.1, 0.15) is 5.82 Å². The normalized spacial score (nSPS) is 19.8. The number of anilines is 1. The van der Waals surface area contributed by atoms with Gasteiger partial charge in [0.15, 0.2) is 0 Å². The molecule has 2 rings (SSSR count). The molecule has 1 unspecified atom stereocenters. The molecule has 1 saturated heterocycles. The number of sulfonamides is 1. The number of pyridine rings is 1. The highest BCUT2D eigenvalue weighted by atomic mass is 32.2. The van der Waals surface area contributed by atoms with Crippen molar-refractivity contribution in [1.29, 1.82) is 0 Å². The van der Waals surface area contributed by atoms with E-state index in [1.54, 1.807) is 7.05 Å². The summed E-state index contributed by atoms with van der Waals surface area (Å²) in [7, 11) is -1.99. The minimum absolute atomic E-state index is 0.0197.